The lowest BCUT2D eigenvalue weighted by atomic mass is 10.2. The molecule has 3 heterocycles. The lowest BCUT2D eigenvalue weighted by molar-refractivity contribution is 0.251. The van der Waals surface area contributed by atoms with E-state index in [0.29, 0.717) is 18.2 Å². The van der Waals surface area contributed by atoms with Crippen LogP contribution in [0.4, 0.5) is 10.5 Å². The summed E-state index contributed by atoms with van der Waals surface area (Å²) in [4.78, 5) is 17.1. The van der Waals surface area contributed by atoms with Crippen LogP contribution in [0.3, 0.4) is 0 Å². The number of epoxide rings is 1. The van der Waals surface area contributed by atoms with E-state index >= 15 is 0 Å². The summed E-state index contributed by atoms with van der Waals surface area (Å²) >= 11 is 1.78. The summed E-state index contributed by atoms with van der Waals surface area (Å²) < 4.78 is 8.21. The van der Waals surface area contributed by atoms with Crippen LogP contribution in [-0.2, 0) is 11.3 Å². The molecule has 2 aromatic rings. The fraction of sp³-hybridized carbons (Fsp3) is 0.368. The van der Waals surface area contributed by atoms with Crippen molar-refractivity contribution in [2.75, 3.05) is 18.4 Å². The second-order valence-corrected chi connectivity index (χ2v) is 8.26. The summed E-state index contributed by atoms with van der Waals surface area (Å²) in [6.45, 7) is 2.60. The number of urea groups is 1. The number of carbonyl (C=O) groups excluding carboxylic acids is 1. The van der Waals surface area contributed by atoms with Crippen molar-refractivity contribution in [2.24, 2.45) is 5.92 Å². The third-order valence-electron chi connectivity index (χ3n) is 5.29. The monoisotopic (exact) mass is 368 g/mol. The Hall–Kier alpha value is -2.09. The van der Waals surface area contributed by atoms with Gasteiger partial charge in [0.05, 0.1) is 0 Å². The number of hydrogen-bond donors (Lipinski definition) is 2. The quantitative estimate of drug-likeness (QED) is 0.627. The van der Waals surface area contributed by atoms with Crippen LogP contribution >= 0.6 is 11.9 Å². The largest absolute Gasteiger partial charge is 0.364 e. The number of ether oxygens (including phenoxy) is 1. The number of hydrogen-bond acceptors (Lipinski definition) is 5. The lowest BCUT2D eigenvalue weighted by Gasteiger charge is -2.22. The standard InChI is InChI=1S/C19H20N4O2S/c24-18(21-10-13-5-7-20-8-6-13)22-15-1-3-16(4-2-15)26-23-11-14-9-19(14)17(12-23)25-19/h1-8,14,17H,9-12H2,(H2,21,22,24). The first-order chi connectivity index (χ1) is 12.7. The average Bonchev–Trinajstić information content (AvgIpc) is 3.54. The predicted molar refractivity (Wildman–Crippen MR) is 99.7 cm³/mol. The Kier molecular flexibility index (Phi) is 3.88. The van der Waals surface area contributed by atoms with Crippen molar-refractivity contribution in [3.63, 3.8) is 0 Å². The maximum atomic E-state index is 12.0. The highest BCUT2D eigenvalue weighted by atomic mass is 32.2. The van der Waals surface area contributed by atoms with Crippen LogP contribution in [0.15, 0.2) is 53.7 Å². The first-order valence-corrected chi connectivity index (χ1v) is 9.63. The first kappa shape index (κ1) is 16.1. The SMILES string of the molecule is O=C(NCc1ccncc1)Nc1ccc(SN2CC3CC34OC4C2)cc1. The topological polar surface area (TPSA) is 69.8 Å². The summed E-state index contributed by atoms with van der Waals surface area (Å²) in [5.74, 6) is 0.735. The van der Waals surface area contributed by atoms with Crippen molar-refractivity contribution in [3.8, 4) is 0 Å². The zero-order valence-electron chi connectivity index (χ0n) is 14.2. The van der Waals surface area contributed by atoms with E-state index in [1.54, 1.807) is 24.3 Å². The molecule has 2 amide bonds. The molecule has 0 bridgehead atoms. The Labute approximate surface area is 156 Å². The molecule has 3 aliphatic rings. The van der Waals surface area contributed by atoms with Gasteiger partial charge in [-0.2, -0.15) is 0 Å². The van der Waals surface area contributed by atoms with Gasteiger partial charge in [0.1, 0.15) is 11.7 Å². The highest BCUT2D eigenvalue weighted by molar-refractivity contribution is 7.97. The smallest absolute Gasteiger partial charge is 0.319 e. The van der Waals surface area contributed by atoms with Gasteiger partial charge in [0, 0.05) is 48.5 Å². The highest BCUT2D eigenvalue weighted by Crippen LogP contribution is 2.65. The van der Waals surface area contributed by atoms with E-state index in [-0.39, 0.29) is 6.03 Å². The van der Waals surface area contributed by atoms with Gasteiger partial charge < -0.3 is 15.4 Å². The molecule has 134 valence electrons. The molecular formula is C19H20N4O2S. The number of aromatic nitrogens is 1. The molecular weight excluding hydrogens is 348 g/mol. The minimum Gasteiger partial charge on any atom is -0.364 e. The van der Waals surface area contributed by atoms with Crippen LogP contribution in [0.1, 0.15) is 12.0 Å². The van der Waals surface area contributed by atoms with Gasteiger partial charge >= 0.3 is 6.03 Å². The van der Waals surface area contributed by atoms with Crippen LogP contribution < -0.4 is 10.6 Å². The highest BCUT2D eigenvalue weighted by Gasteiger charge is 2.75. The summed E-state index contributed by atoms with van der Waals surface area (Å²) in [5, 5.41) is 5.70. The normalized spacial score (nSPS) is 28.6. The van der Waals surface area contributed by atoms with Gasteiger partial charge in [0.25, 0.3) is 0 Å². The number of anilines is 1. The van der Waals surface area contributed by atoms with E-state index in [1.165, 1.54) is 11.3 Å². The van der Waals surface area contributed by atoms with Gasteiger partial charge in [0.15, 0.2) is 0 Å². The molecule has 3 atom stereocenters. The number of rotatable bonds is 5. The van der Waals surface area contributed by atoms with Crippen molar-refractivity contribution < 1.29 is 9.53 Å². The van der Waals surface area contributed by atoms with Crippen molar-refractivity contribution in [2.45, 2.75) is 29.6 Å². The Morgan fingerprint density at radius 1 is 1.23 bits per heavy atom. The van der Waals surface area contributed by atoms with Crippen LogP contribution in [0.2, 0.25) is 0 Å². The van der Waals surface area contributed by atoms with Gasteiger partial charge in [-0.1, -0.05) is 0 Å². The molecule has 2 N–H and O–H groups in total. The molecule has 1 aliphatic carbocycles. The maximum absolute atomic E-state index is 12.0. The summed E-state index contributed by atoms with van der Waals surface area (Å²) in [6.07, 6.45) is 5.13. The van der Waals surface area contributed by atoms with E-state index in [2.05, 4.69) is 19.9 Å². The van der Waals surface area contributed by atoms with E-state index in [0.717, 1.165) is 30.3 Å². The first-order valence-electron chi connectivity index (χ1n) is 8.86. The third kappa shape index (κ3) is 3.18. The molecule has 2 saturated heterocycles. The number of nitrogens with one attached hydrogen (secondary N) is 2. The van der Waals surface area contributed by atoms with Crippen LogP contribution in [0, 0.1) is 5.92 Å². The molecule has 3 fully saturated rings. The van der Waals surface area contributed by atoms with Gasteiger partial charge in [-0.3, -0.25) is 4.98 Å². The summed E-state index contributed by atoms with van der Waals surface area (Å²) in [6, 6.07) is 11.5. The van der Waals surface area contributed by atoms with Crippen LogP contribution in [-0.4, -0.2) is 40.1 Å². The summed E-state index contributed by atoms with van der Waals surface area (Å²) in [7, 11) is 0. The number of nitrogens with zero attached hydrogens (tertiary/aromatic N) is 2. The zero-order valence-corrected chi connectivity index (χ0v) is 15.0. The molecule has 1 aromatic heterocycles. The van der Waals surface area contributed by atoms with Crippen LogP contribution in [0.25, 0.3) is 0 Å². The molecule has 3 unspecified atom stereocenters. The molecule has 2 aliphatic heterocycles. The van der Waals surface area contributed by atoms with Crippen molar-refractivity contribution >= 4 is 23.7 Å². The Bertz CT molecular complexity index is 796. The lowest BCUT2D eigenvalue weighted by Crippen LogP contribution is -2.30. The number of amides is 2. The van der Waals surface area contributed by atoms with Crippen molar-refractivity contribution in [1.82, 2.24) is 14.6 Å². The number of carbonyl (C=O) groups is 1. The molecule has 6 nitrogen and oxygen atoms in total. The van der Waals surface area contributed by atoms with E-state index in [1.807, 2.05) is 36.4 Å². The molecule has 5 rings (SSSR count). The number of piperidine rings is 1. The Morgan fingerprint density at radius 3 is 2.81 bits per heavy atom. The van der Waals surface area contributed by atoms with Gasteiger partial charge in [-0.15, -0.1) is 0 Å². The summed E-state index contributed by atoms with van der Waals surface area (Å²) in [5.41, 5.74) is 2.10. The van der Waals surface area contributed by atoms with E-state index in [4.69, 9.17) is 4.74 Å². The molecule has 1 spiro atoms. The van der Waals surface area contributed by atoms with Crippen LogP contribution in [0.5, 0.6) is 0 Å². The molecule has 26 heavy (non-hydrogen) atoms. The van der Waals surface area contributed by atoms with E-state index in [9.17, 15) is 4.79 Å². The number of pyridine rings is 1. The zero-order chi connectivity index (χ0) is 17.6. The predicted octanol–water partition coefficient (Wildman–Crippen LogP) is 2.88. The van der Waals surface area contributed by atoms with Gasteiger partial charge in [-0.25, -0.2) is 9.10 Å². The molecule has 0 radical (unpaired) electrons. The minimum absolute atomic E-state index is 0.214. The fourth-order valence-corrected chi connectivity index (χ4v) is 4.71. The van der Waals surface area contributed by atoms with Crippen molar-refractivity contribution in [1.29, 1.82) is 0 Å². The fourth-order valence-electron chi connectivity index (χ4n) is 3.69. The molecule has 7 heteroatoms. The minimum atomic E-state index is -0.214. The van der Waals surface area contributed by atoms with Gasteiger partial charge in [-0.05, 0) is 60.3 Å². The van der Waals surface area contributed by atoms with Crippen molar-refractivity contribution in [3.05, 3.63) is 54.4 Å². The van der Waals surface area contributed by atoms with Gasteiger partial charge in [0.2, 0.25) is 0 Å². The number of benzene rings is 1. The molecule has 1 saturated carbocycles. The van der Waals surface area contributed by atoms with E-state index < -0.39 is 0 Å². The second-order valence-electron chi connectivity index (χ2n) is 7.09. The molecule has 1 aromatic carbocycles. The maximum Gasteiger partial charge on any atom is 0.319 e. The average molecular weight is 368 g/mol. The Morgan fingerprint density at radius 2 is 2.04 bits per heavy atom. The second kappa shape index (κ2) is 6.26. The Balaban J connectivity index is 1.11. The third-order valence-corrected chi connectivity index (χ3v) is 6.33.